The zero-order chi connectivity index (χ0) is 19.6. The molecule has 3 aliphatic rings. The number of hydrogen-bond donors (Lipinski definition) is 2. The SMILES string of the molecule is CN(C)CC(O)c1nnc([C@@H]2CC3(CC3)[C@@H]3CN2C(=O)N3OS(=O)(=O)O)o1. The molecule has 12 nitrogen and oxygen atoms in total. The van der Waals surface area contributed by atoms with Crippen LogP contribution in [0.2, 0.25) is 0 Å². The molecule has 2 N–H and O–H groups in total. The van der Waals surface area contributed by atoms with E-state index in [0.29, 0.717) is 13.0 Å². The molecule has 2 saturated heterocycles. The number of rotatable bonds is 6. The molecule has 2 aliphatic heterocycles. The summed E-state index contributed by atoms with van der Waals surface area (Å²) in [5.41, 5.74) is -0.311. The van der Waals surface area contributed by atoms with Crippen LogP contribution in [0.5, 0.6) is 0 Å². The van der Waals surface area contributed by atoms with Gasteiger partial charge in [0.1, 0.15) is 12.1 Å². The lowest BCUT2D eigenvalue weighted by atomic mass is 9.85. The quantitative estimate of drug-likeness (QED) is 0.608. The van der Waals surface area contributed by atoms with Crippen LogP contribution in [-0.2, 0) is 14.7 Å². The molecule has 1 aromatic rings. The van der Waals surface area contributed by atoms with E-state index >= 15 is 0 Å². The molecule has 3 heterocycles. The van der Waals surface area contributed by atoms with Crippen LogP contribution >= 0.6 is 0 Å². The Kier molecular flexibility index (Phi) is 4.19. The van der Waals surface area contributed by atoms with Crippen molar-refractivity contribution in [2.45, 2.75) is 37.5 Å². The number of likely N-dealkylation sites (N-methyl/N-ethyl adjacent to an activating group) is 1. The summed E-state index contributed by atoms with van der Waals surface area (Å²) < 4.78 is 41.4. The Bertz CT molecular complexity index is 852. The zero-order valence-electron chi connectivity index (χ0n) is 14.8. The van der Waals surface area contributed by atoms with Crippen LogP contribution in [0.1, 0.15) is 43.2 Å². The van der Waals surface area contributed by atoms with Crippen LogP contribution in [0.4, 0.5) is 4.79 Å². The number of hydrogen-bond acceptors (Lipinski definition) is 9. The molecular formula is C14H21N5O7S. The molecule has 1 saturated carbocycles. The highest BCUT2D eigenvalue weighted by Crippen LogP contribution is 2.61. The molecular weight excluding hydrogens is 382 g/mol. The van der Waals surface area contributed by atoms with E-state index in [1.165, 1.54) is 4.90 Å². The number of carbonyl (C=O) groups excluding carboxylic acids is 1. The van der Waals surface area contributed by atoms with Gasteiger partial charge in [-0.3, -0.25) is 4.55 Å². The maximum atomic E-state index is 12.7. The number of amides is 2. The Labute approximate surface area is 155 Å². The first-order chi connectivity index (χ1) is 12.6. The highest BCUT2D eigenvalue weighted by Gasteiger charge is 2.64. The van der Waals surface area contributed by atoms with Gasteiger partial charge in [0.15, 0.2) is 0 Å². The van der Waals surface area contributed by atoms with E-state index in [1.807, 2.05) is 0 Å². The first-order valence-electron chi connectivity index (χ1n) is 8.52. The average molecular weight is 403 g/mol. The molecule has 1 aliphatic carbocycles. The normalized spacial score (nSPS) is 27.7. The van der Waals surface area contributed by atoms with Gasteiger partial charge in [-0.15, -0.1) is 14.5 Å². The molecule has 27 heavy (non-hydrogen) atoms. The minimum absolute atomic E-state index is 0.0587. The van der Waals surface area contributed by atoms with E-state index < -0.39 is 34.6 Å². The van der Waals surface area contributed by atoms with E-state index in [0.717, 1.165) is 17.9 Å². The van der Waals surface area contributed by atoms with E-state index in [4.69, 9.17) is 8.97 Å². The number of fused-ring (bicyclic) bond motifs is 3. The fraction of sp³-hybridized carbons (Fsp3) is 0.786. The van der Waals surface area contributed by atoms with Crippen LogP contribution in [0, 0.1) is 5.41 Å². The third-order valence-electron chi connectivity index (χ3n) is 5.40. The molecule has 1 aromatic heterocycles. The molecule has 2 amide bonds. The third-order valence-corrected chi connectivity index (χ3v) is 5.75. The lowest BCUT2D eigenvalue weighted by molar-refractivity contribution is -0.0530. The summed E-state index contributed by atoms with van der Waals surface area (Å²) in [6.07, 6.45) is 1.15. The number of aliphatic hydroxyl groups excluding tert-OH is 1. The summed E-state index contributed by atoms with van der Waals surface area (Å²) in [4.78, 5) is 15.8. The number of urea groups is 1. The number of piperidine rings is 1. The third kappa shape index (κ3) is 3.29. The fourth-order valence-corrected chi connectivity index (χ4v) is 4.35. The molecule has 150 valence electrons. The summed E-state index contributed by atoms with van der Waals surface area (Å²) in [5.74, 6) is 0.248. The lowest BCUT2D eigenvalue weighted by Crippen LogP contribution is -2.43. The summed E-state index contributed by atoms with van der Waals surface area (Å²) in [6, 6.07) is -1.69. The Balaban J connectivity index is 1.59. The van der Waals surface area contributed by atoms with E-state index in [2.05, 4.69) is 14.5 Å². The number of hydroxylamine groups is 2. The molecule has 3 fully saturated rings. The van der Waals surface area contributed by atoms with Crippen molar-refractivity contribution >= 4 is 16.4 Å². The molecule has 0 aromatic carbocycles. The monoisotopic (exact) mass is 403 g/mol. The summed E-state index contributed by atoms with van der Waals surface area (Å²) >= 11 is 0. The van der Waals surface area contributed by atoms with E-state index in [9.17, 15) is 18.3 Å². The van der Waals surface area contributed by atoms with Crippen LogP contribution in [0.3, 0.4) is 0 Å². The fourth-order valence-electron chi connectivity index (χ4n) is 3.98. The maximum absolute atomic E-state index is 12.7. The number of carbonyl (C=O) groups is 1. The van der Waals surface area contributed by atoms with Gasteiger partial charge in [-0.2, -0.15) is 13.5 Å². The Morgan fingerprint density at radius 3 is 2.70 bits per heavy atom. The largest absolute Gasteiger partial charge is 0.420 e. The average Bonchev–Trinajstić information content (AvgIpc) is 3.04. The Hall–Kier alpha value is -1.80. The van der Waals surface area contributed by atoms with Crippen LogP contribution in [0.25, 0.3) is 0 Å². The second kappa shape index (κ2) is 6.10. The van der Waals surface area contributed by atoms with Crippen LogP contribution in [-0.4, -0.2) is 82.4 Å². The second-order valence-corrected chi connectivity index (χ2v) is 8.62. The molecule has 3 atom stereocenters. The van der Waals surface area contributed by atoms with Gasteiger partial charge in [0.2, 0.25) is 11.8 Å². The second-order valence-electron chi connectivity index (χ2n) is 7.62. The molecule has 4 rings (SSSR count). The molecule has 1 spiro atoms. The van der Waals surface area contributed by atoms with Crippen molar-refractivity contribution in [1.29, 1.82) is 0 Å². The molecule has 1 unspecified atom stereocenters. The van der Waals surface area contributed by atoms with Gasteiger partial charge in [0.25, 0.3) is 0 Å². The van der Waals surface area contributed by atoms with Gasteiger partial charge < -0.3 is 19.3 Å². The van der Waals surface area contributed by atoms with Crippen molar-refractivity contribution < 1.29 is 31.6 Å². The van der Waals surface area contributed by atoms with Crippen molar-refractivity contribution in [3.8, 4) is 0 Å². The first-order valence-corrected chi connectivity index (χ1v) is 9.89. The number of aliphatic hydroxyl groups is 1. The van der Waals surface area contributed by atoms with Gasteiger partial charge >= 0.3 is 16.4 Å². The molecule has 0 radical (unpaired) electrons. The topological polar surface area (TPSA) is 150 Å². The molecule has 13 heteroatoms. The minimum Gasteiger partial charge on any atom is -0.420 e. The van der Waals surface area contributed by atoms with E-state index in [-0.39, 0.29) is 23.7 Å². The lowest BCUT2D eigenvalue weighted by Gasteiger charge is -2.34. The van der Waals surface area contributed by atoms with Crippen molar-refractivity contribution in [1.82, 2.24) is 25.1 Å². The summed E-state index contributed by atoms with van der Waals surface area (Å²) in [6.45, 7) is 0.536. The van der Waals surface area contributed by atoms with Crippen molar-refractivity contribution in [2.75, 3.05) is 27.2 Å². The standard InChI is InChI=1S/C14H21N5O7S/c1-17(2)6-9(20)12-16-15-11(25-12)8-5-14(3-4-14)10-7-18(8)13(21)19(10)26-27(22,23)24/h8-10,20H,3-7H2,1-2H3,(H,22,23,24)/t8-,9?,10-/m0/s1. The summed E-state index contributed by atoms with van der Waals surface area (Å²) in [5, 5.41) is 18.7. The smallest absolute Gasteiger partial charge is 0.418 e. The predicted molar refractivity (Wildman–Crippen MR) is 87.2 cm³/mol. The maximum Gasteiger partial charge on any atom is 0.418 e. The Morgan fingerprint density at radius 2 is 2.11 bits per heavy atom. The van der Waals surface area contributed by atoms with Gasteiger partial charge in [-0.1, -0.05) is 0 Å². The van der Waals surface area contributed by atoms with E-state index in [1.54, 1.807) is 19.0 Å². The highest BCUT2D eigenvalue weighted by molar-refractivity contribution is 7.80. The zero-order valence-corrected chi connectivity index (χ0v) is 15.7. The van der Waals surface area contributed by atoms with Gasteiger partial charge in [-0.25, -0.2) is 4.79 Å². The highest BCUT2D eigenvalue weighted by atomic mass is 32.3. The van der Waals surface area contributed by atoms with Crippen molar-refractivity contribution in [3.63, 3.8) is 0 Å². The number of aromatic nitrogens is 2. The number of nitrogens with zero attached hydrogens (tertiary/aromatic N) is 5. The first kappa shape index (κ1) is 18.6. The minimum atomic E-state index is -4.81. The Morgan fingerprint density at radius 1 is 1.41 bits per heavy atom. The van der Waals surface area contributed by atoms with Gasteiger partial charge in [0, 0.05) is 13.1 Å². The summed E-state index contributed by atoms with van der Waals surface area (Å²) in [7, 11) is -1.22. The van der Waals surface area contributed by atoms with Gasteiger partial charge in [-0.05, 0) is 38.8 Å². The van der Waals surface area contributed by atoms with Crippen molar-refractivity contribution in [2.24, 2.45) is 5.41 Å². The van der Waals surface area contributed by atoms with Gasteiger partial charge in [0.05, 0.1) is 6.04 Å². The molecule has 2 bridgehead atoms. The van der Waals surface area contributed by atoms with Crippen LogP contribution < -0.4 is 0 Å². The van der Waals surface area contributed by atoms with Crippen LogP contribution in [0.15, 0.2) is 4.42 Å². The predicted octanol–water partition coefficient (Wildman–Crippen LogP) is -0.270. The van der Waals surface area contributed by atoms with Crippen molar-refractivity contribution in [3.05, 3.63) is 11.8 Å².